The van der Waals surface area contributed by atoms with Gasteiger partial charge in [-0.25, -0.2) is 4.39 Å². The second kappa shape index (κ2) is 6.52. The largest absolute Gasteiger partial charge is 0.290 e. The van der Waals surface area contributed by atoms with Crippen LogP contribution < -0.4 is 0 Å². The normalized spacial score (nSPS) is 15.9. The van der Waals surface area contributed by atoms with Gasteiger partial charge in [0.1, 0.15) is 5.83 Å². The lowest BCUT2D eigenvalue weighted by Crippen LogP contribution is -2.03. The molecule has 16 heavy (non-hydrogen) atoms. The number of rotatable bonds is 4. The van der Waals surface area contributed by atoms with Crippen LogP contribution in [0, 0.1) is 0 Å². The van der Waals surface area contributed by atoms with E-state index >= 15 is 0 Å². The summed E-state index contributed by atoms with van der Waals surface area (Å²) in [5, 5.41) is 0.0536. The predicted octanol–water partition coefficient (Wildman–Crippen LogP) is 4.26. The Hall–Kier alpha value is -0.190. The first-order valence-corrected chi connectivity index (χ1v) is 7.50. The maximum atomic E-state index is 13.0. The summed E-state index contributed by atoms with van der Waals surface area (Å²) in [6.45, 7) is 0. The minimum absolute atomic E-state index is 0.0536. The molecular weight excluding hydrogens is 267 g/mol. The first-order valence-electron chi connectivity index (χ1n) is 4.67. The van der Waals surface area contributed by atoms with Gasteiger partial charge in [0.05, 0.1) is 5.03 Å². The fourth-order valence-corrected chi connectivity index (χ4v) is 2.61. The van der Waals surface area contributed by atoms with Crippen molar-refractivity contribution in [1.29, 1.82) is 0 Å². The molecule has 1 rings (SSSR count). The summed E-state index contributed by atoms with van der Waals surface area (Å²) in [5.41, 5.74) is 0.576. The molecule has 0 fully saturated rings. The minimum Gasteiger partial charge on any atom is -0.290 e. The van der Waals surface area contributed by atoms with Gasteiger partial charge in [-0.15, -0.1) is 23.5 Å². The molecule has 1 nitrogen and oxygen atoms in total. The Kier molecular flexibility index (Phi) is 5.66. The van der Waals surface area contributed by atoms with Crippen LogP contribution in [-0.2, 0) is 4.79 Å². The van der Waals surface area contributed by atoms with Gasteiger partial charge in [0.25, 0.3) is 0 Å². The molecular formula is C11H12ClFOS2. The zero-order chi connectivity index (χ0) is 12.1. The molecule has 0 bridgehead atoms. The van der Waals surface area contributed by atoms with Crippen molar-refractivity contribution >= 4 is 40.9 Å². The minimum atomic E-state index is -0.336. The highest BCUT2D eigenvalue weighted by atomic mass is 35.5. The Morgan fingerprint density at radius 1 is 1.44 bits per heavy atom. The van der Waals surface area contributed by atoms with E-state index in [1.807, 2.05) is 12.5 Å². The highest BCUT2D eigenvalue weighted by Gasteiger charge is 2.16. The van der Waals surface area contributed by atoms with Crippen LogP contribution in [0.4, 0.5) is 4.39 Å². The molecule has 0 saturated carbocycles. The maximum Gasteiger partial charge on any atom is 0.183 e. The average molecular weight is 279 g/mol. The molecule has 0 heterocycles. The van der Waals surface area contributed by atoms with E-state index in [-0.39, 0.29) is 23.1 Å². The molecule has 1 aliphatic rings. The molecule has 0 aliphatic heterocycles. The van der Waals surface area contributed by atoms with E-state index < -0.39 is 0 Å². The van der Waals surface area contributed by atoms with Gasteiger partial charge in [-0.2, -0.15) is 0 Å². The van der Waals surface area contributed by atoms with Gasteiger partial charge in [-0.1, -0.05) is 11.6 Å². The molecule has 1 aliphatic carbocycles. The Morgan fingerprint density at radius 3 is 2.56 bits per heavy atom. The summed E-state index contributed by atoms with van der Waals surface area (Å²) in [4.78, 5) is 11.8. The van der Waals surface area contributed by atoms with Crippen molar-refractivity contribution in [1.82, 2.24) is 0 Å². The van der Waals surface area contributed by atoms with Crippen LogP contribution in [0.5, 0.6) is 0 Å². The van der Waals surface area contributed by atoms with Crippen LogP contribution >= 0.6 is 35.1 Å². The number of halogens is 2. The molecule has 0 saturated heterocycles. The number of carbonyl (C=O) groups is 1. The van der Waals surface area contributed by atoms with E-state index in [1.54, 1.807) is 6.08 Å². The van der Waals surface area contributed by atoms with Gasteiger partial charge in [0.2, 0.25) is 0 Å². The monoisotopic (exact) mass is 278 g/mol. The third-order valence-corrected chi connectivity index (χ3v) is 4.50. The molecule has 88 valence electrons. The van der Waals surface area contributed by atoms with E-state index in [0.717, 1.165) is 4.24 Å². The Balaban J connectivity index is 2.84. The lowest BCUT2D eigenvalue weighted by molar-refractivity contribution is -0.111. The van der Waals surface area contributed by atoms with Crippen LogP contribution in [0.1, 0.15) is 12.8 Å². The number of carbonyl (C=O) groups excluding carboxylic acids is 1. The van der Waals surface area contributed by atoms with E-state index in [4.69, 9.17) is 11.6 Å². The molecule has 0 aromatic rings. The van der Waals surface area contributed by atoms with Crippen LogP contribution in [0.2, 0.25) is 0 Å². The zero-order valence-corrected chi connectivity index (χ0v) is 11.4. The van der Waals surface area contributed by atoms with Crippen molar-refractivity contribution < 1.29 is 9.18 Å². The SMILES string of the molecule is CSC(=CC(=O)C1=CC(Cl)=C(F)CC1)SC. The first kappa shape index (κ1) is 13.9. The Labute approximate surface area is 108 Å². The van der Waals surface area contributed by atoms with E-state index in [0.29, 0.717) is 12.0 Å². The number of allylic oxidation sites excluding steroid dienone is 5. The molecule has 0 aromatic carbocycles. The van der Waals surface area contributed by atoms with Gasteiger partial charge in [-0.3, -0.25) is 4.79 Å². The van der Waals surface area contributed by atoms with Crippen molar-refractivity contribution in [2.75, 3.05) is 12.5 Å². The molecule has 0 N–H and O–H groups in total. The second-order valence-electron chi connectivity index (χ2n) is 3.16. The van der Waals surface area contributed by atoms with Crippen LogP contribution in [0.15, 0.2) is 32.8 Å². The summed E-state index contributed by atoms with van der Waals surface area (Å²) in [6, 6.07) is 0. The predicted molar refractivity (Wildman–Crippen MR) is 71.4 cm³/mol. The average Bonchev–Trinajstić information content (AvgIpc) is 2.29. The molecule has 0 unspecified atom stereocenters. The molecule has 5 heteroatoms. The molecule has 0 radical (unpaired) electrons. The van der Waals surface area contributed by atoms with Gasteiger partial charge < -0.3 is 0 Å². The fraction of sp³-hybridized carbons (Fsp3) is 0.364. The number of hydrogen-bond acceptors (Lipinski definition) is 3. The highest BCUT2D eigenvalue weighted by Crippen LogP contribution is 2.29. The Bertz CT molecular complexity index is 379. The fourth-order valence-electron chi connectivity index (χ4n) is 1.26. The van der Waals surface area contributed by atoms with E-state index in [2.05, 4.69) is 0 Å². The topological polar surface area (TPSA) is 17.1 Å². The lowest BCUT2D eigenvalue weighted by atomic mass is 10.0. The number of thioether (sulfide) groups is 2. The van der Waals surface area contributed by atoms with Crippen molar-refractivity contribution in [2.45, 2.75) is 12.8 Å². The summed E-state index contributed by atoms with van der Waals surface area (Å²) in [6.07, 6.45) is 7.48. The Morgan fingerprint density at radius 2 is 2.06 bits per heavy atom. The molecule has 0 spiro atoms. The van der Waals surface area contributed by atoms with Crippen molar-refractivity contribution in [3.63, 3.8) is 0 Å². The smallest absolute Gasteiger partial charge is 0.183 e. The molecule has 0 aromatic heterocycles. The van der Waals surface area contributed by atoms with Gasteiger partial charge in [0, 0.05) is 22.3 Å². The maximum absolute atomic E-state index is 13.0. The van der Waals surface area contributed by atoms with E-state index in [1.165, 1.54) is 29.6 Å². The van der Waals surface area contributed by atoms with Gasteiger partial charge >= 0.3 is 0 Å². The summed E-state index contributed by atoms with van der Waals surface area (Å²) in [5.74, 6) is -0.415. The zero-order valence-electron chi connectivity index (χ0n) is 9.05. The summed E-state index contributed by atoms with van der Waals surface area (Å²) < 4.78 is 13.9. The summed E-state index contributed by atoms with van der Waals surface area (Å²) >= 11 is 8.70. The lowest BCUT2D eigenvalue weighted by Gasteiger charge is -2.10. The quantitative estimate of drug-likeness (QED) is 0.715. The molecule has 0 atom stereocenters. The first-order chi connectivity index (χ1) is 7.58. The number of ketones is 1. The van der Waals surface area contributed by atoms with E-state index in [9.17, 15) is 9.18 Å². The second-order valence-corrected chi connectivity index (χ2v) is 5.52. The highest BCUT2D eigenvalue weighted by molar-refractivity contribution is 8.21. The third kappa shape index (κ3) is 3.68. The van der Waals surface area contributed by atoms with Crippen LogP contribution in [-0.4, -0.2) is 18.3 Å². The standard InChI is InChI=1S/C11H12ClFOS2/c1-15-11(16-2)6-10(14)7-3-4-9(13)8(12)5-7/h5-6H,3-4H2,1-2H3. The van der Waals surface area contributed by atoms with Gasteiger partial charge in [-0.05, 0) is 25.0 Å². The van der Waals surface area contributed by atoms with Crippen molar-refractivity contribution in [3.05, 3.63) is 32.8 Å². The summed E-state index contributed by atoms with van der Waals surface area (Å²) in [7, 11) is 0. The van der Waals surface area contributed by atoms with Crippen molar-refractivity contribution in [3.8, 4) is 0 Å². The third-order valence-electron chi connectivity index (χ3n) is 2.14. The van der Waals surface area contributed by atoms with Crippen molar-refractivity contribution in [2.24, 2.45) is 0 Å². The van der Waals surface area contributed by atoms with Gasteiger partial charge in [0.15, 0.2) is 5.78 Å². The van der Waals surface area contributed by atoms with Crippen LogP contribution in [0.25, 0.3) is 0 Å². The number of hydrogen-bond donors (Lipinski definition) is 0. The van der Waals surface area contributed by atoms with Crippen LogP contribution in [0.3, 0.4) is 0 Å². The molecule has 0 amide bonds.